The molecule has 1 amide bonds. The molecule has 0 bridgehead atoms. The number of aliphatic hydroxyl groups is 1. The number of halogens is 1. The second kappa shape index (κ2) is 11.2. The number of pyridine rings is 1. The zero-order valence-corrected chi connectivity index (χ0v) is 22.9. The van der Waals surface area contributed by atoms with E-state index in [0.717, 1.165) is 24.1 Å². The number of amides is 1. The molecule has 204 valence electrons. The van der Waals surface area contributed by atoms with Gasteiger partial charge in [-0.2, -0.15) is 4.98 Å². The van der Waals surface area contributed by atoms with Gasteiger partial charge in [0.2, 0.25) is 5.88 Å². The second-order valence-corrected chi connectivity index (χ2v) is 10.6. The van der Waals surface area contributed by atoms with Gasteiger partial charge in [0, 0.05) is 24.4 Å². The minimum Gasteiger partial charge on any atom is -0.484 e. The van der Waals surface area contributed by atoms with E-state index in [9.17, 15) is 4.79 Å². The SMILES string of the molecule is Cc1ccnc(Cn2c(-c3ccc(OCC(=O)N[C@H](C)CCO)cc3Cl)nc3c(OC4(C)CC4)ncnc32)c1. The molecule has 0 unspecified atom stereocenters. The molecule has 1 fully saturated rings. The number of rotatable bonds is 11. The maximum absolute atomic E-state index is 12.2. The topological polar surface area (TPSA) is 124 Å². The van der Waals surface area contributed by atoms with E-state index < -0.39 is 0 Å². The third kappa shape index (κ3) is 6.29. The molecule has 1 atom stereocenters. The molecule has 2 N–H and O–H groups in total. The quantitative estimate of drug-likeness (QED) is 0.286. The van der Waals surface area contributed by atoms with Gasteiger partial charge in [-0.25, -0.2) is 9.97 Å². The van der Waals surface area contributed by atoms with Crippen molar-refractivity contribution in [2.24, 2.45) is 0 Å². The van der Waals surface area contributed by atoms with Crippen LogP contribution in [0.5, 0.6) is 11.6 Å². The van der Waals surface area contributed by atoms with E-state index in [1.165, 1.54) is 6.33 Å². The highest BCUT2D eigenvalue weighted by Crippen LogP contribution is 2.41. The summed E-state index contributed by atoms with van der Waals surface area (Å²) in [5, 5.41) is 12.2. The Kier molecular flexibility index (Phi) is 7.67. The van der Waals surface area contributed by atoms with E-state index in [0.29, 0.717) is 52.2 Å². The lowest BCUT2D eigenvalue weighted by Gasteiger charge is -2.14. The normalized spacial score (nSPS) is 14.7. The van der Waals surface area contributed by atoms with Crippen molar-refractivity contribution in [1.29, 1.82) is 0 Å². The van der Waals surface area contributed by atoms with E-state index in [-0.39, 0.29) is 30.8 Å². The standard InChI is InChI=1S/C28H31ClN6O4/c1-17-6-10-30-19(12-17)14-35-25(34-24-26(35)31-16-32-27(24)39-28(3)8-9-28)21-5-4-20(13-22(21)29)38-15-23(37)33-18(2)7-11-36/h4-6,10,12-13,16,18,36H,7-9,11,14-15H2,1-3H3,(H,33,37)/t18-/m1/s1. The summed E-state index contributed by atoms with van der Waals surface area (Å²) in [6.45, 7) is 6.15. The van der Waals surface area contributed by atoms with Gasteiger partial charge < -0.3 is 24.5 Å². The monoisotopic (exact) mass is 550 g/mol. The fourth-order valence-corrected chi connectivity index (χ4v) is 4.46. The molecule has 1 aliphatic rings. The number of ether oxygens (including phenoxy) is 2. The molecular formula is C28H31ClN6O4. The molecule has 0 saturated heterocycles. The number of benzene rings is 1. The van der Waals surface area contributed by atoms with Gasteiger partial charge in [-0.05, 0) is 75.9 Å². The van der Waals surface area contributed by atoms with Crippen LogP contribution in [0.1, 0.15) is 44.4 Å². The number of nitrogens with one attached hydrogen (secondary N) is 1. The van der Waals surface area contributed by atoms with E-state index in [1.807, 2.05) is 36.6 Å². The molecule has 0 radical (unpaired) electrons. The third-order valence-electron chi connectivity index (χ3n) is 6.61. The Bertz CT molecular complexity index is 1500. The van der Waals surface area contributed by atoms with Gasteiger partial charge >= 0.3 is 0 Å². The van der Waals surface area contributed by atoms with Crippen molar-refractivity contribution in [2.75, 3.05) is 13.2 Å². The minimum atomic E-state index is -0.279. The summed E-state index contributed by atoms with van der Waals surface area (Å²) in [6, 6.07) is 9.03. The van der Waals surface area contributed by atoms with Crippen molar-refractivity contribution in [3.8, 4) is 23.0 Å². The molecule has 0 aliphatic heterocycles. The molecule has 5 rings (SSSR count). The Morgan fingerprint density at radius 1 is 1.23 bits per heavy atom. The Morgan fingerprint density at radius 2 is 2.05 bits per heavy atom. The lowest BCUT2D eigenvalue weighted by atomic mass is 10.2. The maximum Gasteiger partial charge on any atom is 0.258 e. The number of fused-ring (bicyclic) bond motifs is 1. The van der Waals surface area contributed by atoms with Crippen molar-refractivity contribution >= 4 is 28.7 Å². The zero-order valence-electron chi connectivity index (χ0n) is 22.1. The Labute approximate surface area is 231 Å². The van der Waals surface area contributed by atoms with Crippen LogP contribution in [-0.4, -0.2) is 60.4 Å². The van der Waals surface area contributed by atoms with E-state index >= 15 is 0 Å². The summed E-state index contributed by atoms with van der Waals surface area (Å²) in [5.41, 5.74) is 3.55. The van der Waals surface area contributed by atoms with Crippen molar-refractivity contribution in [1.82, 2.24) is 29.8 Å². The predicted octanol–water partition coefficient (Wildman–Crippen LogP) is 4.10. The summed E-state index contributed by atoms with van der Waals surface area (Å²) in [4.78, 5) is 30.5. The molecule has 11 heteroatoms. The van der Waals surface area contributed by atoms with Crippen LogP contribution in [-0.2, 0) is 11.3 Å². The van der Waals surface area contributed by atoms with Gasteiger partial charge in [-0.15, -0.1) is 0 Å². The molecule has 1 saturated carbocycles. The average molecular weight is 551 g/mol. The van der Waals surface area contributed by atoms with Gasteiger partial charge in [-0.1, -0.05) is 11.6 Å². The number of hydrogen-bond acceptors (Lipinski definition) is 8. The number of aliphatic hydroxyl groups excluding tert-OH is 1. The number of hydrogen-bond donors (Lipinski definition) is 2. The number of carbonyl (C=O) groups is 1. The zero-order chi connectivity index (χ0) is 27.6. The first-order valence-corrected chi connectivity index (χ1v) is 13.3. The second-order valence-electron chi connectivity index (χ2n) is 10.2. The molecule has 4 aromatic rings. The summed E-state index contributed by atoms with van der Waals surface area (Å²) >= 11 is 6.74. The number of carbonyl (C=O) groups excluding carboxylic acids is 1. The van der Waals surface area contributed by atoms with Crippen LogP contribution in [0.3, 0.4) is 0 Å². The van der Waals surface area contributed by atoms with E-state index in [1.54, 1.807) is 18.3 Å². The highest BCUT2D eigenvalue weighted by atomic mass is 35.5. The summed E-state index contributed by atoms with van der Waals surface area (Å²) in [5.74, 6) is 1.20. The van der Waals surface area contributed by atoms with E-state index in [2.05, 4.69) is 27.2 Å². The summed E-state index contributed by atoms with van der Waals surface area (Å²) in [7, 11) is 0. The van der Waals surface area contributed by atoms with Gasteiger partial charge in [0.15, 0.2) is 17.8 Å². The fraction of sp³-hybridized carbons (Fsp3) is 0.393. The van der Waals surface area contributed by atoms with Crippen LogP contribution >= 0.6 is 11.6 Å². The molecule has 10 nitrogen and oxygen atoms in total. The number of aromatic nitrogens is 5. The molecule has 39 heavy (non-hydrogen) atoms. The lowest BCUT2D eigenvalue weighted by Crippen LogP contribution is -2.36. The first kappa shape index (κ1) is 26.8. The third-order valence-corrected chi connectivity index (χ3v) is 6.92. The summed E-state index contributed by atoms with van der Waals surface area (Å²) in [6.07, 6.45) is 5.67. The van der Waals surface area contributed by atoms with Crippen LogP contribution in [0.4, 0.5) is 0 Å². The molecule has 1 aliphatic carbocycles. The van der Waals surface area contributed by atoms with Gasteiger partial charge in [0.25, 0.3) is 5.91 Å². The Hall–Kier alpha value is -3.76. The highest BCUT2D eigenvalue weighted by molar-refractivity contribution is 6.33. The van der Waals surface area contributed by atoms with Crippen LogP contribution in [0.25, 0.3) is 22.6 Å². The van der Waals surface area contributed by atoms with Crippen LogP contribution in [0.15, 0.2) is 42.9 Å². The van der Waals surface area contributed by atoms with Gasteiger partial charge in [0.1, 0.15) is 23.5 Å². The van der Waals surface area contributed by atoms with Crippen molar-refractivity contribution < 1.29 is 19.4 Å². The molecule has 1 aromatic carbocycles. The average Bonchev–Trinajstić information content (AvgIpc) is 3.51. The van der Waals surface area contributed by atoms with Gasteiger partial charge in [0.05, 0.1) is 17.3 Å². The van der Waals surface area contributed by atoms with Gasteiger partial charge in [-0.3, -0.25) is 9.78 Å². The summed E-state index contributed by atoms with van der Waals surface area (Å²) < 4.78 is 13.8. The molecular weight excluding hydrogens is 520 g/mol. The minimum absolute atomic E-state index is 0.00258. The first-order chi connectivity index (χ1) is 18.7. The smallest absolute Gasteiger partial charge is 0.258 e. The molecule has 0 spiro atoms. The predicted molar refractivity (Wildman–Crippen MR) is 147 cm³/mol. The molecule has 3 heterocycles. The van der Waals surface area contributed by atoms with Crippen molar-refractivity contribution in [3.05, 3.63) is 59.1 Å². The Morgan fingerprint density at radius 3 is 2.77 bits per heavy atom. The molecule has 3 aromatic heterocycles. The maximum atomic E-state index is 12.2. The van der Waals surface area contributed by atoms with Crippen molar-refractivity contribution in [2.45, 2.75) is 58.2 Å². The Balaban J connectivity index is 1.47. The highest BCUT2D eigenvalue weighted by Gasteiger charge is 2.41. The van der Waals surface area contributed by atoms with Crippen molar-refractivity contribution in [3.63, 3.8) is 0 Å². The van der Waals surface area contributed by atoms with Crippen LogP contribution < -0.4 is 14.8 Å². The fourth-order valence-electron chi connectivity index (χ4n) is 4.20. The van der Waals surface area contributed by atoms with Crippen LogP contribution in [0.2, 0.25) is 5.02 Å². The lowest BCUT2D eigenvalue weighted by molar-refractivity contribution is -0.123. The number of aryl methyl sites for hydroxylation is 1. The largest absolute Gasteiger partial charge is 0.484 e. The number of imidazole rings is 1. The van der Waals surface area contributed by atoms with E-state index in [4.69, 9.17) is 31.2 Å². The number of nitrogens with zero attached hydrogens (tertiary/aromatic N) is 5. The first-order valence-electron chi connectivity index (χ1n) is 12.9. The van der Waals surface area contributed by atoms with Crippen LogP contribution in [0, 0.1) is 6.92 Å².